The SMILES string of the molecule is COC(=O)CN(C)c1nnc(C)c(C)c1C#N. The Morgan fingerprint density at radius 1 is 1.47 bits per heavy atom. The summed E-state index contributed by atoms with van der Waals surface area (Å²) in [4.78, 5) is 12.7. The highest BCUT2D eigenvalue weighted by Gasteiger charge is 2.16. The standard InChI is InChI=1S/C11H14N4O2/c1-7-8(2)13-14-11(9(7)5-12)15(3)6-10(16)17-4/h6H2,1-4H3. The van der Waals surface area contributed by atoms with Crippen molar-refractivity contribution in [3.8, 4) is 6.07 Å². The van der Waals surface area contributed by atoms with Crippen LogP contribution in [0.3, 0.4) is 0 Å². The number of aromatic nitrogens is 2. The van der Waals surface area contributed by atoms with Gasteiger partial charge >= 0.3 is 5.97 Å². The van der Waals surface area contributed by atoms with Crippen molar-refractivity contribution in [2.45, 2.75) is 13.8 Å². The van der Waals surface area contributed by atoms with Crippen molar-refractivity contribution >= 4 is 11.8 Å². The molecular formula is C11H14N4O2. The van der Waals surface area contributed by atoms with E-state index in [0.29, 0.717) is 17.1 Å². The normalized spacial score (nSPS) is 9.59. The summed E-state index contributed by atoms with van der Waals surface area (Å²) in [7, 11) is 2.98. The van der Waals surface area contributed by atoms with E-state index < -0.39 is 5.97 Å². The Hall–Kier alpha value is -2.16. The lowest BCUT2D eigenvalue weighted by Gasteiger charge is -2.18. The van der Waals surface area contributed by atoms with Gasteiger partial charge in [-0.3, -0.25) is 4.79 Å². The third-order valence-corrected chi connectivity index (χ3v) is 2.50. The number of hydrogen-bond acceptors (Lipinski definition) is 6. The maximum absolute atomic E-state index is 11.2. The number of nitrogens with zero attached hydrogens (tertiary/aromatic N) is 4. The Bertz CT molecular complexity index is 479. The van der Waals surface area contributed by atoms with Gasteiger partial charge in [-0.05, 0) is 19.4 Å². The van der Waals surface area contributed by atoms with E-state index >= 15 is 0 Å². The summed E-state index contributed by atoms with van der Waals surface area (Å²) in [5.41, 5.74) is 1.91. The van der Waals surface area contributed by atoms with Crippen LogP contribution in [-0.4, -0.2) is 36.9 Å². The first-order valence-electron chi connectivity index (χ1n) is 5.03. The minimum Gasteiger partial charge on any atom is -0.468 e. The van der Waals surface area contributed by atoms with E-state index in [1.54, 1.807) is 25.8 Å². The van der Waals surface area contributed by atoms with Crippen LogP contribution in [0.5, 0.6) is 0 Å². The summed E-state index contributed by atoms with van der Waals surface area (Å²) in [5, 5.41) is 17.0. The summed E-state index contributed by atoms with van der Waals surface area (Å²) < 4.78 is 4.56. The molecule has 0 saturated heterocycles. The second-order valence-corrected chi connectivity index (χ2v) is 3.65. The smallest absolute Gasteiger partial charge is 0.325 e. The van der Waals surface area contributed by atoms with E-state index in [1.165, 1.54) is 7.11 Å². The molecule has 0 aromatic carbocycles. The fourth-order valence-electron chi connectivity index (χ4n) is 1.33. The number of rotatable bonds is 3. The number of nitriles is 1. The molecule has 0 unspecified atom stereocenters. The molecule has 1 aromatic rings. The van der Waals surface area contributed by atoms with Gasteiger partial charge in [-0.1, -0.05) is 0 Å². The number of esters is 1. The van der Waals surface area contributed by atoms with Crippen molar-refractivity contribution < 1.29 is 9.53 Å². The highest BCUT2D eigenvalue weighted by molar-refractivity contribution is 5.76. The van der Waals surface area contributed by atoms with Crippen molar-refractivity contribution in [3.63, 3.8) is 0 Å². The predicted molar refractivity (Wildman–Crippen MR) is 61.5 cm³/mol. The number of ether oxygens (including phenoxy) is 1. The largest absolute Gasteiger partial charge is 0.468 e. The van der Waals surface area contributed by atoms with E-state index in [0.717, 1.165) is 5.56 Å². The summed E-state index contributed by atoms with van der Waals surface area (Å²) in [5.74, 6) is -0.00239. The zero-order chi connectivity index (χ0) is 13.0. The molecule has 0 spiro atoms. The quantitative estimate of drug-likeness (QED) is 0.711. The van der Waals surface area contributed by atoms with Gasteiger partial charge in [0, 0.05) is 7.05 Å². The molecule has 0 aliphatic rings. The molecule has 1 aromatic heterocycles. The van der Waals surface area contributed by atoms with Crippen molar-refractivity contribution in [2.75, 3.05) is 25.6 Å². The number of anilines is 1. The molecule has 0 amide bonds. The average molecular weight is 234 g/mol. The molecule has 17 heavy (non-hydrogen) atoms. The maximum Gasteiger partial charge on any atom is 0.325 e. The number of likely N-dealkylation sites (N-methyl/N-ethyl adjacent to an activating group) is 1. The van der Waals surface area contributed by atoms with Gasteiger partial charge in [0.2, 0.25) is 0 Å². The van der Waals surface area contributed by atoms with Gasteiger partial charge < -0.3 is 9.64 Å². The summed E-state index contributed by atoms with van der Waals surface area (Å²) in [6.07, 6.45) is 0. The Morgan fingerprint density at radius 2 is 2.12 bits per heavy atom. The number of carbonyl (C=O) groups excluding carboxylic acids is 1. The molecule has 6 heteroatoms. The zero-order valence-corrected chi connectivity index (χ0v) is 10.3. The Kier molecular flexibility index (Phi) is 3.99. The van der Waals surface area contributed by atoms with Crippen LogP contribution >= 0.6 is 0 Å². The van der Waals surface area contributed by atoms with Gasteiger partial charge in [0.1, 0.15) is 18.2 Å². The van der Waals surface area contributed by atoms with Gasteiger partial charge in [-0.25, -0.2) is 0 Å². The van der Waals surface area contributed by atoms with Crippen LogP contribution in [0.1, 0.15) is 16.8 Å². The third kappa shape index (κ3) is 2.69. The minimum absolute atomic E-state index is 0.0301. The monoisotopic (exact) mass is 234 g/mol. The molecular weight excluding hydrogens is 220 g/mol. The van der Waals surface area contributed by atoms with Crippen LogP contribution in [0.2, 0.25) is 0 Å². The van der Waals surface area contributed by atoms with Crippen LogP contribution in [0.4, 0.5) is 5.82 Å². The second-order valence-electron chi connectivity index (χ2n) is 3.65. The minimum atomic E-state index is -0.392. The van der Waals surface area contributed by atoms with Gasteiger partial charge in [0.05, 0.1) is 12.8 Å². The topological polar surface area (TPSA) is 79.1 Å². The number of hydrogen-bond donors (Lipinski definition) is 0. The highest BCUT2D eigenvalue weighted by atomic mass is 16.5. The van der Waals surface area contributed by atoms with Crippen LogP contribution in [0.25, 0.3) is 0 Å². The first-order valence-corrected chi connectivity index (χ1v) is 5.03. The van der Waals surface area contributed by atoms with E-state index in [-0.39, 0.29) is 6.54 Å². The molecule has 1 heterocycles. The van der Waals surface area contributed by atoms with Crippen molar-refractivity contribution in [1.82, 2.24) is 10.2 Å². The van der Waals surface area contributed by atoms with Crippen LogP contribution in [-0.2, 0) is 9.53 Å². The van der Waals surface area contributed by atoms with E-state index in [9.17, 15) is 4.79 Å². The van der Waals surface area contributed by atoms with Crippen molar-refractivity contribution in [3.05, 3.63) is 16.8 Å². The molecule has 6 nitrogen and oxygen atoms in total. The summed E-state index contributed by atoms with van der Waals surface area (Å²) in [6.45, 7) is 3.62. The number of carbonyl (C=O) groups is 1. The zero-order valence-electron chi connectivity index (χ0n) is 10.3. The first-order chi connectivity index (χ1) is 8.01. The molecule has 0 fully saturated rings. The molecule has 0 aliphatic heterocycles. The molecule has 0 radical (unpaired) electrons. The molecule has 1 rings (SSSR count). The Morgan fingerprint density at radius 3 is 2.65 bits per heavy atom. The van der Waals surface area contributed by atoms with Gasteiger partial charge in [0.15, 0.2) is 5.82 Å². The fraction of sp³-hybridized carbons (Fsp3) is 0.455. The van der Waals surface area contributed by atoms with E-state index in [4.69, 9.17) is 5.26 Å². The lowest BCUT2D eigenvalue weighted by atomic mass is 10.1. The van der Waals surface area contributed by atoms with Crippen molar-refractivity contribution in [1.29, 1.82) is 5.26 Å². The lowest BCUT2D eigenvalue weighted by molar-refractivity contribution is -0.138. The predicted octanol–water partition coefficient (Wildman–Crippen LogP) is 0.574. The number of methoxy groups -OCH3 is 1. The lowest BCUT2D eigenvalue weighted by Crippen LogP contribution is -2.28. The van der Waals surface area contributed by atoms with Crippen molar-refractivity contribution in [2.24, 2.45) is 0 Å². The number of aryl methyl sites for hydroxylation is 1. The van der Waals surface area contributed by atoms with Crippen LogP contribution in [0, 0.1) is 25.2 Å². The average Bonchev–Trinajstić information content (AvgIpc) is 2.31. The molecule has 0 bridgehead atoms. The van der Waals surface area contributed by atoms with E-state index in [2.05, 4.69) is 21.0 Å². The first kappa shape index (κ1) is 12.9. The molecule has 90 valence electrons. The third-order valence-electron chi connectivity index (χ3n) is 2.50. The molecule has 0 atom stereocenters. The second kappa shape index (κ2) is 5.25. The molecule has 0 N–H and O–H groups in total. The van der Waals surface area contributed by atoms with E-state index in [1.807, 2.05) is 0 Å². The Balaban J connectivity index is 3.11. The van der Waals surface area contributed by atoms with Gasteiger partial charge in [-0.15, -0.1) is 5.10 Å². The van der Waals surface area contributed by atoms with Crippen LogP contribution < -0.4 is 4.90 Å². The molecule has 0 aliphatic carbocycles. The molecule has 0 saturated carbocycles. The highest BCUT2D eigenvalue weighted by Crippen LogP contribution is 2.19. The maximum atomic E-state index is 11.2. The summed E-state index contributed by atoms with van der Waals surface area (Å²) >= 11 is 0. The Labute approximate surface area is 99.8 Å². The van der Waals surface area contributed by atoms with Gasteiger partial charge in [0.25, 0.3) is 0 Å². The van der Waals surface area contributed by atoms with Crippen LogP contribution in [0.15, 0.2) is 0 Å². The summed E-state index contributed by atoms with van der Waals surface area (Å²) in [6, 6.07) is 2.08. The van der Waals surface area contributed by atoms with Gasteiger partial charge in [-0.2, -0.15) is 10.4 Å². The fourth-order valence-corrected chi connectivity index (χ4v) is 1.33.